The molecule has 0 saturated heterocycles. The molecule has 0 aromatic heterocycles. The molecule has 1 amide bonds. The maximum absolute atomic E-state index is 12.1. The molecular formula is C20H17NO5. The molecule has 0 aliphatic carbocycles. The number of esters is 1. The van der Waals surface area contributed by atoms with Crippen LogP contribution in [0.5, 0.6) is 5.75 Å². The van der Waals surface area contributed by atoms with E-state index in [1.54, 1.807) is 30.3 Å². The Balaban J connectivity index is 1.54. The van der Waals surface area contributed by atoms with E-state index in [2.05, 4.69) is 5.32 Å². The van der Waals surface area contributed by atoms with E-state index in [0.29, 0.717) is 22.6 Å². The van der Waals surface area contributed by atoms with Crippen molar-refractivity contribution >= 4 is 29.4 Å². The summed E-state index contributed by atoms with van der Waals surface area (Å²) in [6, 6.07) is 13.8. The quantitative estimate of drug-likeness (QED) is 0.662. The van der Waals surface area contributed by atoms with E-state index in [0.717, 1.165) is 5.56 Å². The summed E-state index contributed by atoms with van der Waals surface area (Å²) in [5.74, 6) is -0.412. The van der Waals surface area contributed by atoms with Gasteiger partial charge in [-0.15, -0.1) is 0 Å². The van der Waals surface area contributed by atoms with Gasteiger partial charge >= 0.3 is 5.97 Å². The average Bonchev–Trinajstić information content (AvgIpc) is 2.66. The highest BCUT2D eigenvalue weighted by molar-refractivity contribution is 5.98. The SMILES string of the molecule is CC(=O)c1ccc(NC(=O)COC(=O)C2=Cc3ccccc3OC2)cc1. The summed E-state index contributed by atoms with van der Waals surface area (Å²) >= 11 is 0. The fourth-order valence-corrected chi connectivity index (χ4v) is 2.44. The topological polar surface area (TPSA) is 81.7 Å². The van der Waals surface area contributed by atoms with E-state index >= 15 is 0 Å². The molecule has 1 heterocycles. The van der Waals surface area contributed by atoms with Gasteiger partial charge in [-0.2, -0.15) is 0 Å². The molecule has 1 aliphatic rings. The minimum atomic E-state index is -0.596. The van der Waals surface area contributed by atoms with Crippen molar-refractivity contribution < 1.29 is 23.9 Å². The highest BCUT2D eigenvalue weighted by Gasteiger charge is 2.19. The molecule has 132 valence electrons. The molecule has 1 aliphatic heterocycles. The summed E-state index contributed by atoms with van der Waals surface area (Å²) in [4.78, 5) is 35.2. The first-order valence-electron chi connectivity index (χ1n) is 8.03. The molecule has 0 unspecified atom stereocenters. The Morgan fingerprint density at radius 2 is 1.81 bits per heavy atom. The number of carbonyl (C=O) groups is 3. The lowest BCUT2D eigenvalue weighted by Crippen LogP contribution is -2.23. The first-order valence-corrected chi connectivity index (χ1v) is 8.03. The number of ketones is 1. The zero-order valence-corrected chi connectivity index (χ0v) is 14.2. The van der Waals surface area contributed by atoms with E-state index in [1.807, 2.05) is 24.3 Å². The zero-order valence-electron chi connectivity index (χ0n) is 14.2. The maximum Gasteiger partial charge on any atom is 0.338 e. The molecule has 2 aromatic carbocycles. The number of Topliss-reactive ketones (excluding diaryl/α,β-unsaturated/α-hetero) is 1. The van der Waals surface area contributed by atoms with Gasteiger partial charge in [0.25, 0.3) is 5.91 Å². The fraction of sp³-hybridized carbons (Fsp3) is 0.150. The Hall–Kier alpha value is -3.41. The summed E-state index contributed by atoms with van der Waals surface area (Å²) < 4.78 is 10.5. The highest BCUT2D eigenvalue weighted by atomic mass is 16.5. The van der Waals surface area contributed by atoms with Crippen molar-refractivity contribution in [2.24, 2.45) is 0 Å². The summed E-state index contributed by atoms with van der Waals surface area (Å²) in [5.41, 5.74) is 2.21. The normalized spacial score (nSPS) is 12.3. The van der Waals surface area contributed by atoms with E-state index in [1.165, 1.54) is 6.92 Å². The van der Waals surface area contributed by atoms with E-state index in [9.17, 15) is 14.4 Å². The smallest absolute Gasteiger partial charge is 0.338 e. The molecule has 2 aromatic rings. The van der Waals surface area contributed by atoms with E-state index in [-0.39, 0.29) is 12.4 Å². The lowest BCUT2D eigenvalue weighted by atomic mass is 10.1. The fourth-order valence-electron chi connectivity index (χ4n) is 2.44. The lowest BCUT2D eigenvalue weighted by Gasteiger charge is -2.16. The van der Waals surface area contributed by atoms with Crippen molar-refractivity contribution in [1.29, 1.82) is 0 Å². The number of anilines is 1. The van der Waals surface area contributed by atoms with Crippen LogP contribution in [0.4, 0.5) is 5.69 Å². The third-order valence-electron chi connectivity index (χ3n) is 3.80. The molecule has 0 radical (unpaired) electrons. The van der Waals surface area contributed by atoms with Crippen LogP contribution in [-0.2, 0) is 14.3 Å². The second-order valence-corrected chi connectivity index (χ2v) is 5.75. The predicted octanol–water partition coefficient (Wildman–Crippen LogP) is 2.85. The second-order valence-electron chi connectivity index (χ2n) is 5.75. The molecule has 0 spiro atoms. The number of amides is 1. The maximum atomic E-state index is 12.1. The van der Waals surface area contributed by atoms with Crippen LogP contribution >= 0.6 is 0 Å². The third-order valence-corrected chi connectivity index (χ3v) is 3.80. The third kappa shape index (κ3) is 4.16. The van der Waals surface area contributed by atoms with Crippen LogP contribution in [0.3, 0.4) is 0 Å². The number of hydrogen-bond donors (Lipinski definition) is 1. The summed E-state index contributed by atoms with van der Waals surface area (Å²) in [6.07, 6.45) is 1.69. The highest BCUT2D eigenvalue weighted by Crippen LogP contribution is 2.26. The molecule has 3 rings (SSSR count). The average molecular weight is 351 g/mol. The van der Waals surface area contributed by atoms with Crippen molar-refractivity contribution in [2.45, 2.75) is 6.92 Å². The number of fused-ring (bicyclic) bond motifs is 1. The largest absolute Gasteiger partial charge is 0.488 e. The molecule has 26 heavy (non-hydrogen) atoms. The van der Waals surface area contributed by atoms with Crippen molar-refractivity contribution in [2.75, 3.05) is 18.5 Å². The van der Waals surface area contributed by atoms with E-state index in [4.69, 9.17) is 9.47 Å². The Morgan fingerprint density at radius 3 is 2.54 bits per heavy atom. The molecule has 0 bridgehead atoms. The van der Waals surface area contributed by atoms with Crippen LogP contribution in [0.25, 0.3) is 6.08 Å². The Labute approximate surface area is 150 Å². The molecular weight excluding hydrogens is 334 g/mol. The second kappa shape index (κ2) is 7.65. The van der Waals surface area contributed by atoms with Crippen LogP contribution < -0.4 is 10.1 Å². The molecule has 0 atom stereocenters. The molecule has 6 nitrogen and oxygen atoms in total. The molecule has 0 saturated carbocycles. The summed E-state index contributed by atoms with van der Waals surface area (Å²) in [7, 11) is 0. The number of carbonyl (C=O) groups excluding carboxylic acids is 3. The van der Waals surface area contributed by atoms with Gasteiger partial charge in [0.2, 0.25) is 0 Å². The van der Waals surface area contributed by atoms with Gasteiger partial charge in [-0.1, -0.05) is 18.2 Å². The van der Waals surface area contributed by atoms with Crippen molar-refractivity contribution in [3.8, 4) is 5.75 Å². The molecule has 6 heteroatoms. The van der Waals surface area contributed by atoms with Crippen LogP contribution in [-0.4, -0.2) is 30.9 Å². The Morgan fingerprint density at radius 1 is 1.08 bits per heavy atom. The van der Waals surface area contributed by atoms with Crippen molar-refractivity contribution in [3.05, 3.63) is 65.2 Å². The van der Waals surface area contributed by atoms with Gasteiger partial charge in [0.1, 0.15) is 12.4 Å². The van der Waals surface area contributed by atoms with Gasteiger partial charge < -0.3 is 14.8 Å². The first kappa shape index (κ1) is 17.4. The number of hydrogen-bond acceptors (Lipinski definition) is 5. The number of benzene rings is 2. The number of rotatable bonds is 5. The minimum absolute atomic E-state index is 0.0543. The summed E-state index contributed by atoms with van der Waals surface area (Å²) in [5, 5.41) is 2.60. The van der Waals surface area contributed by atoms with Gasteiger partial charge in [0.05, 0.1) is 5.57 Å². The monoisotopic (exact) mass is 351 g/mol. The summed E-state index contributed by atoms with van der Waals surface area (Å²) in [6.45, 7) is 1.16. The predicted molar refractivity (Wildman–Crippen MR) is 95.9 cm³/mol. The van der Waals surface area contributed by atoms with Crippen LogP contribution in [0.15, 0.2) is 54.1 Å². The first-order chi connectivity index (χ1) is 12.5. The lowest BCUT2D eigenvalue weighted by molar-refractivity contribution is -0.143. The van der Waals surface area contributed by atoms with Crippen LogP contribution in [0.1, 0.15) is 22.8 Å². The standard InChI is InChI=1S/C20H17NO5/c1-13(22)14-6-8-17(9-7-14)21-19(23)12-26-20(24)16-10-15-4-2-3-5-18(15)25-11-16/h2-10H,11-12H2,1H3,(H,21,23). The van der Waals surface area contributed by atoms with Crippen LogP contribution in [0, 0.1) is 0 Å². The van der Waals surface area contributed by atoms with Gasteiger partial charge in [0.15, 0.2) is 12.4 Å². The van der Waals surface area contributed by atoms with E-state index < -0.39 is 18.5 Å². The minimum Gasteiger partial charge on any atom is -0.488 e. The van der Waals surface area contributed by atoms with Crippen molar-refractivity contribution in [1.82, 2.24) is 0 Å². The van der Waals surface area contributed by atoms with Gasteiger partial charge in [-0.25, -0.2) is 4.79 Å². The van der Waals surface area contributed by atoms with Crippen LogP contribution in [0.2, 0.25) is 0 Å². The number of para-hydroxylation sites is 1. The zero-order chi connectivity index (χ0) is 18.5. The van der Waals surface area contributed by atoms with Crippen molar-refractivity contribution in [3.63, 3.8) is 0 Å². The number of nitrogens with one attached hydrogen (secondary N) is 1. The Bertz CT molecular complexity index is 883. The molecule has 0 fully saturated rings. The van der Waals surface area contributed by atoms with Gasteiger partial charge in [-0.05, 0) is 43.3 Å². The number of ether oxygens (including phenoxy) is 2. The van der Waals surface area contributed by atoms with Gasteiger partial charge in [0, 0.05) is 16.8 Å². The van der Waals surface area contributed by atoms with Gasteiger partial charge in [-0.3, -0.25) is 9.59 Å². The Kier molecular flexibility index (Phi) is 5.12. The molecule has 1 N–H and O–H groups in total.